The standard InChI is InChI=1S/C16H18N4O3.ClH/c21-16(10-3-5-17-6-4-10)19-15-12(8-18-20-15)11-1-2-13-14(7-11)23-9-22-13;/h1-2,7-8,10,17H,3-6,9H2,(H2,18,19,20,21);1H. The number of H-pyrrole nitrogens is 1. The maximum atomic E-state index is 12.4. The van der Waals surface area contributed by atoms with Crippen LogP contribution in [-0.4, -0.2) is 36.0 Å². The number of carbonyl (C=O) groups is 1. The number of rotatable bonds is 3. The molecule has 2 aromatic rings. The summed E-state index contributed by atoms with van der Waals surface area (Å²) in [5, 5.41) is 13.2. The summed E-state index contributed by atoms with van der Waals surface area (Å²) in [5.74, 6) is 2.14. The average molecular weight is 351 g/mol. The predicted octanol–water partition coefficient (Wildman–Crippen LogP) is 2.17. The van der Waals surface area contributed by atoms with Crippen LogP contribution < -0.4 is 20.1 Å². The Hall–Kier alpha value is -2.25. The van der Waals surface area contributed by atoms with Crippen LogP contribution in [-0.2, 0) is 4.79 Å². The number of aromatic amines is 1. The fraction of sp³-hybridized carbons (Fsp3) is 0.375. The second-order valence-corrected chi connectivity index (χ2v) is 5.74. The van der Waals surface area contributed by atoms with Gasteiger partial charge in [-0.05, 0) is 43.6 Å². The molecule has 0 atom stereocenters. The number of benzene rings is 1. The van der Waals surface area contributed by atoms with Gasteiger partial charge in [0.2, 0.25) is 12.7 Å². The number of nitrogens with zero attached hydrogens (tertiary/aromatic N) is 1. The molecule has 0 radical (unpaired) electrons. The topological polar surface area (TPSA) is 88.3 Å². The quantitative estimate of drug-likeness (QED) is 0.789. The number of ether oxygens (including phenoxy) is 2. The van der Waals surface area contributed by atoms with Crippen LogP contribution in [0.3, 0.4) is 0 Å². The van der Waals surface area contributed by atoms with Crippen molar-refractivity contribution in [1.82, 2.24) is 15.5 Å². The first-order valence-corrected chi connectivity index (χ1v) is 7.76. The van der Waals surface area contributed by atoms with Gasteiger partial charge in [-0.3, -0.25) is 9.89 Å². The van der Waals surface area contributed by atoms with Crippen molar-refractivity contribution in [2.24, 2.45) is 5.92 Å². The normalized spacial score (nSPS) is 16.5. The van der Waals surface area contributed by atoms with Gasteiger partial charge in [0.15, 0.2) is 11.5 Å². The van der Waals surface area contributed by atoms with Crippen molar-refractivity contribution in [3.05, 3.63) is 24.4 Å². The minimum Gasteiger partial charge on any atom is -0.454 e. The van der Waals surface area contributed by atoms with Crippen molar-refractivity contribution in [2.75, 3.05) is 25.2 Å². The molecule has 24 heavy (non-hydrogen) atoms. The molecule has 1 saturated heterocycles. The number of fused-ring (bicyclic) bond motifs is 1. The van der Waals surface area contributed by atoms with Crippen molar-refractivity contribution in [3.8, 4) is 22.6 Å². The molecule has 3 heterocycles. The van der Waals surface area contributed by atoms with Gasteiger partial charge in [0.1, 0.15) is 5.82 Å². The summed E-state index contributed by atoms with van der Waals surface area (Å²) < 4.78 is 10.7. The van der Waals surface area contributed by atoms with Crippen molar-refractivity contribution in [3.63, 3.8) is 0 Å². The summed E-state index contributed by atoms with van der Waals surface area (Å²) in [4.78, 5) is 12.4. The second-order valence-electron chi connectivity index (χ2n) is 5.74. The van der Waals surface area contributed by atoms with Gasteiger partial charge in [-0.15, -0.1) is 12.4 Å². The first-order valence-electron chi connectivity index (χ1n) is 7.76. The molecule has 4 rings (SSSR count). The van der Waals surface area contributed by atoms with Crippen LogP contribution in [0, 0.1) is 5.92 Å². The molecule has 0 aliphatic carbocycles. The minimum absolute atomic E-state index is 0. The molecule has 0 bridgehead atoms. The molecule has 1 aromatic carbocycles. The Morgan fingerprint density at radius 1 is 1.21 bits per heavy atom. The maximum Gasteiger partial charge on any atom is 0.231 e. The molecule has 1 amide bonds. The Bertz CT molecular complexity index is 728. The van der Waals surface area contributed by atoms with E-state index >= 15 is 0 Å². The summed E-state index contributed by atoms with van der Waals surface area (Å²) >= 11 is 0. The zero-order valence-corrected chi connectivity index (χ0v) is 13.8. The smallest absolute Gasteiger partial charge is 0.231 e. The summed E-state index contributed by atoms with van der Waals surface area (Å²) in [6, 6.07) is 5.69. The zero-order valence-electron chi connectivity index (χ0n) is 13.0. The molecule has 8 heteroatoms. The van der Waals surface area contributed by atoms with Crippen molar-refractivity contribution < 1.29 is 14.3 Å². The monoisotopic (exact) mass is 350 g/mol. The van der Waals surface area contributed by atoms with Crippen LogP contribution in [0.1, 0.15) is 12.8 Å². The Morgan fingerprint density at radius 3 is 2.83 bits per heavy atom. The molecule has 3 N–H and O–H groups in total. The zero-order chi connectivity index (χ0) is 15.6. The van der Waals surface area contributed by atoms with E-state index in [4.69, 9.17) is 9.47 Å². The summed E-state index contributed by atoms with van der Waals surface area (Å²) in [6.07, 6.45) is 3.42. The molecule has 1 aromatic heterocycles. The van der Waals surface area contributed by atoms with Crippen LogP contribution >= 0.6 is 12.4 Å². The molecule has 0 saturated carbocycles. The second kappa shape index (κ2) is 7.11. The Kier molecular flexibility index (Phi) is 4.92. The van der Waals surface area contributed by atoms with Gasteiger partial charge in [0.05, 0.1) is 6.20 Å². The highest BCUT2D eigenvalue weighted by atomic mass is 35.5. The number of halogens is 1. The number of piperidine rings is 1. The van der Waals surface area contributed by atoms with Crippen LogP contribution in [0.2, 0.25) is 0 Å². The lowest BCUT2D eigenvalue weighted by Gasteiger charge is -2.21. The highest BCUT2D eigenvalue weighted by Crippen LogP contribution is 2.37. The van der Waals surface area contributed by atoms with E-state index in [1.54, 1.807) is 6.20 Å². The van der Waals surface area contributed by atoms with E-state index in [0.29, 0.717) is 11.6 Å². The van der Waals surface area contributed by atoms with Gasteiger partial charge >= 0.3 is 0 Å². The van der Waals surface area contributed by atoms with Crippen LogP contribution in [0.25, 0.3) is 11.1 Å². The average Bonchev–Trinajstić information content (AvgIpc) is 3.23. The fourth-order valence-electron chi connectivity index (χ4n) is 2.97. The number of aromatic nitrogens is 2. The lowest BCUT2D eigenvalue weighted by Crippen LogP contribution is -2.34. The van der Waals surface area contributed by atoms with Gasteiger partial charge in [0, 0.05) is 11.5 Å². The number of amides is 1. The fourth-order valence-corrected chi connectivity index (χ4v) is 2.97. The van der Waals surface area contributed by atoms with Crippen LogP contribution in [0.4, 0.5) is 5.82 Å². The summed E-state index contributed by atoms with van der Waals surface area (Å²) in [5.41, 5.74) is 1.76. The first-order chi connectivity index (χ1) is 11.3. The van der Waals surface area contributed by atoms with E-state index in [9.17, 15) is 4.79 Å². The van der Waals surface area contributed by atoms with Crippen molar-refractivity contribution >= 4 is 24.1 Å². The Balaban J connectivity index is 0.00000169. The third-order valence-corrected chi connectivity index (χ3v) is 4.28. The van der Waals surface area contributed by atoms with Crippen LogP contribution in [0.15, 0.2) is 24.4 Å². The number of carbonyl (C=O) groups excluding carboxylic acids is 1. The van der Waals surface area contributed by atoms with Crippen molar-refractivity contribution in [1.29, 1.82) is 0 Å². The predicted molar refractivity (Wildman–Crippen MR) is 91.6 cm³/mol. The SMILES string of the molecule is Cl.O=C(Nc1[nH]ncc1-c1ccc2c(c1)OCO2)C1CCNCC1. The summed E-state index contributed by atoms with van der Waals surface area (Å²) in [6.45, 7) is 2.01. The molecule has 1 fully saturated rings. The minimum atomic E-state index is 0. The third-order valence-electron chi connectivity index (χ3n) is 4.28. The molecule has 0 spiro atoms. The van der Waals surface area contributed by atoms with Gasteiger partial charge in [0.25, 0.3) is 0 Å². The van der Waals surface area contributed by atoms with Crippen molar-refractivity contribution in [2.45, 2.75) is 12.8 Å². The van der Waals surface area contributed by atoms with Gasteiger partial charge < -0.3 is 20.1 Å². The Labute approximate surface area is 145 Å². The largest absolute Gasteiger partial charge is 0.454 e. The van der Waals surface area contributed by atoms with E-state index in [1.807, 2.05) is 18.2 Å². The first kappa shape index (κ1) is 16.6. The molecule has 128 valence electrons. The number of hydrogen-bond acceptors (Lipinski definition) is 5. The Morgan fingerprint density at radius 2 is 2.00 bits per heavy atom. The molecule has 2 aliphatic heterocycles. The highest BCUT2D eigenvalue weighted by molar-refractivity contribution is 5.95. The van der Waals surface area contributed by atoms with Gasteiger partial charge in [-0.25, -0.2) is 0 Å². The number of hydrogen-bond donors (Lipinski definition) is 3. The van der Waals surface area contributed by atoms with Crippen LogP contribution in [0.5, 0.6) is 11.5 Å². The highest BCUT2D eigenvalue weighted by Gasteiger charge is 2.23. The van der Waals surface area contributed by atoms with Gasteiger partial charge in [-0.2, -0.15) is 5.10 Å². The third kappa shape index (κ3) is 3.18. The van der Waals surface area contributed by atoms with Gasteiger partial charge in [-0.1, -0.05) is 6.07 Å². The van der Waals surface area contributed by atoms with E-state index < -0.39 is 0 Å². The molecular formula is C16H19ClN4O3. The molecular weight excluding hydrogens is 332 g/mol. The number of anilines is 1. The lowest BCUT2D eigenvalue weighted by molar-refractivity contribution is -0.120. The lowest BCUT2D eigenvalue weighted by atomic mass is 9.97. The molecule has 0 unspecified atom stereocenters. The van der Waals surface area contributed by atoms with E-state index in [2.05, 4.69) is 20.8 Å². The molecule has 2 aliphatic rings. The van der Waals surface area contributed by atoms with E-state index in [1.165, 1.54) is 0 Å². The molecule has 7 nitrogen and oxygen atoms in total. The van der Waals surface area contributed by atoms with E-state index in [-0.39, 0.29) is 31.0 Å². The number of nitrogens with one attached hydrogen (secondary N) is 3. The summed E-state index contributed by atoms with van der Waals surface area (Å²) in [7, 11) is 0. The maximum absolute atomic E-state index is 12.4. The van der Waals surface area contributed by atoms with E-state index in [0.717, 1.165) is 42.8 Å².